The van der Waals surface area contributed by atoms with Gasteiger partial charge in [-0.05, 0) is 31.9 Å². The first-order chi connectivity index (χ1) is 14.8. The number of hydrogen-bond donors (Lipinski definition) is 3. The molecule has 0 saturated heterocycles. The normalized spacial score (nSPS) is 15.4. The average molecular weight is 474 g/mol. The van der Waals surface area contributed by atoms with E-state index in [0.29, 0.717) is 16.4 Å². The Kier molecular flexibility index (Phi) is 8.13. The molecule has 0 bridgehead atoms. The van der Waals surface area contributed by atoms with Crippen molar-refractivity contribution in [3.63, 3.8) is 0 Å². The number of aromatic nitrogens is 2. The van der Waals surface area contributed by atoms with Gasteiger partial charge in [-0.1, -0.05) is 42.4 Å². The number of nitrogens with zero attached hydrogens (tertiary/aromatic N) is 2. The largest absolute Gasteiger partial charge is 0.357 e. The molecule has 31 heavy (non-hydrogen) atoms. The summed E-state index contributed by atoms with van der Waals surface area (Å²) in [5.74, 6) is -5.74. The van der Waals surface area contributed by atoms with Crippen LogP contribution in [0.3, 0.4) is 0 Å². The van der Waals surface area contributed by atoms with E-state index in [1.807, 2.05) is 0 Å². The molecular weight excluding hydrogens is 451 g/mol. The third-order valence-electron chi connectivity index (χ3n) is 4.72. The minimum Gasteiger partial charge on any atom is -0.357 e. The quantitative estimate of drug-likeness (QED) is 0.397. The Hall–Kier alpha value is -2.34. The topological polar surface area (TPSA) is 96.0 Å². The van der Waals surface area contributed by atoms with E-state index in [2.05, 4.69) is 26.1 Å². The summed E-state index contributed by atoms with van der Waals surface area (Å²) in [5.41, 5.74) is -0.507. The van der Waals surface area contributed by atoms with E-state index in [0.717, 1.165) is 24.0 Å². The molecule has 1 aliphatic carbocycles. The second-order valence-electron chi connectivity index (χ2n) is 7.10. The third kappa shape index (κ3) is 6.57. The van der Waals surface area contributed by atoms with Gasteiger partial charge in [0.25, 0.3) is 0 Å². The molecule has 1 fully saturated rings. The average Bonchev–Trinajstić information content (AvgIpc) is 3.19. The second-order valence-corrected chi connectivity index (χ2v) is 9.67. The van der Waals surface area contributed by atoms with Crippen LogP contribution in [0, 0.1) is 17.5 Å². The highest BCUT2D eigenvalue weighted by Gasteiger charge is 2.20. The maximum Gasteiger partial charge on any atom is 0.243 e. The molecule has 1 aliphatic rings. The molecule has 1 aromatic carbocycles. The van der Waals surface area contributed by atoms with E-state index in [1.165, 1.54) is 42.4 Å². The molecule has 1 aromatic heterocycles. The molecule has 3 N–H and O–H groups in total. The summed E-state index contributed by atoms with van der Waals surface area (Å²) >= 11 is 2.57. The van der Waals surface area contributed by atoms with Crippen LogP contribution in [0.15, 0.2) is 16.5 Å². The Morgan fingerprint density at radius 2 is 1.90 bits per heavy atom. The molecule has 3 rings (SSSR count). The van der Waals surface area contributed by atoms with Gasteiger partial charge >= 0.3 is 0 Å². The summed E-state index contributed by atoms with van der Waals surface area (Å²) < 4.78 is 40.4. The number of benzene rings is 1. The van der Waals surface area contributed by atoms with E-state index in [1.54, 1.807) is 6.92 Å². The zero-order valence-corrected chi connectivity index (χ0v) is 18.3. The van der Waals surface area contributed by atoms with Crippen LogP contribution in [0.4, 0.5) is 24.0 Å². The molecule has 0 radical (unpaired) electrons. The maximum atomic E-state index is 13.6. The fourth-order valence-electron chi connectivity index (χ4n) is 3.07. The van der Waals surface area contributed by atoms with Crippen LogP contribution in [0.2, 0.25) is 0 Å². The highest BCUT2D eigenvalue weighted by atomic mass is 32.2. The number of amides is 2. The Morgan fingerprint density at radius 3 is 2.65 bits per heavy atom. The monoisotopic (exact) mass is 473 g/mol. The number of anilines is 2. The predicted molar refractivity (Wildman–Crippen MR) is 114 cm³/mol. The van der Waals surface area contributed by atoms with Gasteiger partial charge in [0, 0.05) is 6.04 Å². The van der Waals surface area contributed by atoms with Gasteiger partial charge in [-0.15, -0.1) is 10.2 Å². The number of halogens is 3. The summed E-state index contributed by atoms with van der Waals surface area (Å²) in [4.78, 5) is 24.1. The van der Waals surface area contributed by atoms with Gasteiger partial charge in [0.15, 0.2) is 21.8 Å². The number of carbonyl (C=O) groups is 2. The van der Waals surface area contributed by atoms with Crippen molar-refractivity contribution < 1.29 is 22.8 Å². The summed E-state index contributed by atoms with van der Waals surface area (Å²) in [7, 11) is 0. The highest BCUT2D eigenvalue weighted by Crippen LogP contribution is 2.30. The first-order valence-corrected chi connectivity index (χ1v) is 11.5. The van der Waals surface area contributed by atoms with Crippen LogP contribution in [-0.2, 0) is 9.59 Å². The molecule has 1 saturated carbocycles. The van der Waals surface area contributed by atoms with Crippen molar-refractivity contribution in [3.05, 3.63) is 29.6 Å². The summed E-state index contributed by atoms with van der Waals surface area (Å²) in [6.45, 7) is 1.20. The van der Waals surface area contributed by atoms with Gasteiger partial charge < -0.3 is 16.0 Å². The molecule has 168 valence electrons. The minimum absolute atomic E-state index is 0.401. The van der Waals surface area contributed by atoms with Crippen molar-refractivity contribution in [2.24, 2.45) is 0 Å². The third-order valence-corrected chi connectivity index (χ3v) is 6.76. The summed E-state index contributed by atoms with van der Waals surface area (Å²) in [6.07, 6.45) is 5.88. The smallest absolute Gasteiger partial charge is 0.243 e. The van der Waals surface area contributed by atoms with Crippen molar-refractivity contribution in [1.29, 1.82) is 0 Å². The van der Waals surface area contributed by atoms with Crippen LogP contribution in [0.25, 0.3) is 0 Å². The van der Waals surface area contributed by atoms with Gasteiger partial charge in [-0.2, -0.15) is 0 Å². The van der Waals surface area contributed by atoms with E-state index in [-0.39, 0.29) is 0 Å². The molecule has 1 heterocycles. The van der Waals surface area contributed by atoms with Crippen molar-refractivity contribution >= 4 is 45.7 Å². The number of nitrogens with one attached hydrogen (secondary N) is 3. The summed E-state index contributed by atoms with van der Waals surface area (Å²) in [6, 6.07) is 2.00. The van der Waals surface area contributed by atoms with E-state index >= 15 is 0 Å². The lowest BCUT2D eigenvalue weighted by molar-refractivity contribution is -0.123. The van der Waals surface area contributed by atoms with Gasteiger partial charge in [-0.3, -0.25) is 9.59 Å². The first kappa shape index (κ1) is 23.3. The maximum absolute atomic E-state index is 13.6. The Morgan fingerprint density at radius 1 is 1.16 bits per heavy atom. The molecule has 2 amide bonds. The SMILES string of the molecule is CC(Sc1nnc(NC2CCCCC2)s1)C(=O)NCC(=O)Nc1ccc(F)c(F)c1F. The minimum atomic E-state index is -1.68. The lowest BCUT2D eigenvalue weighted by Crippen LogP contribution is -2.37. The molecule has 2 aromatic rings. The number of carbonyl (C=O) groups excluding carboxylic acids is 2. The van der Waals surface area contributed by atoms with Gasteiger partial charge in [-0.25, -0.2) is 13.2 Å². The molecular formula is C19H22F3N5O2S2. The lowest BCUT2D eigenvalue weighted by Gasteiger charge is -2.21. The van der Waals surface area contributed by atoms with Crippen molar-refractivity contribution in [3.8, 4) is 0 Å². The Labute approximate surface area is 185 Å². The molecule has 7 nitrogen and oxygen atoms in total. The highest BCUT2D eigenvalue weighted by molar-refractivity contribution is 8.02. The standard InChI is InChI=1S/C19H22F3N5O2S2/c1-10(30-19-27-26-18(31-19)24-11-5-3-2-4-6-11)17(29)23-9-14(28)25-13-8-7-12(20)15(21)16(13)22/h7-8,10-11H,2-6,9H2,1H3,(H,23,29)(H,24,26)(H,25,28). The van der Waals surface area contributed by atoms with Crippen LogP contribution in [0.5, 0.6) is 0 Å². The van der Waals surface area contributed by atoms with Gasteiger partial charge in [0.2, 0.25) is 16.9 Å². The van der Waals surface area contributed by atoms with Gasteiger partial charge in [0.1, 0.15) is 0 Å². The van der Waals surface area contributed by atoms with Crippen molar-refractivity contribution in [1.82, 2.24) is 15.5 Å². The zero-order chi connectivity index (χ0) is 22.4. The Bertz CT molecular complexity index is 937. The lowest BCUT2D eigenvalue weighted by atomic mass is 9.96. The van der Waals surface area contributed by atoms with E-state index in [9.17, 15) is 22.8 Å². The fraction of sp³-hybridized carbons (Fsp3) is 0.474. The number of thioether (sulfide) groups is 1. The van der Waals surface area contributed by atoms with Crippen LogP contribution in [-0.4, -0.2) is 39.8 Å². The molecule has 1 atom stereocenters. The Balaban J connectivity index is 1.44. The van der Waals surface area contributed by atoms with E-state index < -0.39 is 46.7 Å². The zero-order valence-electron chi connectivity index (χ0n) is 16.7. The summed E-state index contributed by atoms with van der Waals surface area (Å²) in [5, 5.41) is 16.2. The first-order valence-electron chi connectivity index (χ1n) is 9.81. The number of hydrogen-bond acceptors (Lipinski definition) is 7. The molecule has 0 aliphatic heterocycles. The second kappa shape index (κ2) is 10.8. The molecule has 1 unspecified atom stereocenters. The van der Waals surface area contributed by atoms with Crippen molar-refractivity contribution in [2.75, 3.05) is 17.2 Å². The van der Waals surface area contributed by atoms with E-state index in [4.69, 9.17) is 0 Å². The molecule has 12 heteroatoms. The van der Waals surface area contributed by atoms with Crippen LogP contribution >= 0.6 is 23.1 Å². The van der Waals surface area contributed by atoms with Crippen LogP contribution < -0.4 is 16.0 Å². The van der Waals surface area contributed by atoms with Crippen molar-refractivity contribution in [2.45, 2.75) is 54.7 Å². The number of rotatable bonds is 8. The van der Waals surface area contributed by atoms with Crippen LogP contribution in [0.1, 0.15) is 39.0 Å². The van der Waals surface area contributed by atoms with Gasteiger partial charge in [0.05, 0.1) is 17.5 Å². The predicted octanol–water partition coefficient (Wildman–Crippen LogP) is 3.94. The molecule has 0 spiro atoms. The fourth-order valence-corrected chi connectivity index (χ4v) is 5.07.